The molecular formula is C13H16N2OS. The van der Waals surface area contributed by atoms with E-state index in [4.69, 9.17) is 0 Å². The Labute approximate surface area is 104 Å². The fourth-order valence-corrected chi connectivity index (χ4v) is 3.68. The van der Waals surface area contributed by atoms with Gasteiger partial charge in [-0.2, -0.15) is 0 Å². The summed E-state index contributed by atoms with van der Waals surface area (Å²) in [4.78, 5) is 19.0. The van der Waals surface area contributed by atoms with E-state index in [0.29, 0.717) is 6.04 Å². The second-order valence-electron chi connectivity index (χ2n) is 4.86. The lowest BCUT2D eigenvalue weighted by Crippen LogP contribution is -2.23. The Balaban J connectivity index is 2.24. The molecule has 0 bridgehead atoms. The van der Waals surface area contributed by atoms with Crippen LogP contribution < -0.4 is 5.56 Å². The van der Waals surface area contributed by atoms with Gasteiger partial charge in [-0.25, -0.2) is 4.98 Å². The molecule has 1 saturated carbocycles. The number of fused-ring (bicyclic) bond motifs is 1. The molecule has 3 nitrogen and oxygen atoms in total. The van der Waals surface area contributed by atoms with Gasteiger partial charge in [-0.15, -0.1) is 11.3 Å². The summed E-state index contributed by atoms with van der Waals surface area (Å²) in [6.07, 6.45) is 6.45. The van der Waals surface area contributed by atoms with Crippen molar-refractivity contribution in [2.45, 2.75) is 45.6 Å². The maximum atomic E-state index is 12.5. The van der Waals surface area contributed by atoms with E-state index in [2.05, 4.69) is 11.9 Å². The van der Waals surface area contributed by atoms with Crippen LogP contribution in [0.25, 0.3) is 10.2 Å². The number of hydrogen-bond donors (Lipinski definition) is 0. The number of rotatable bonds is 1. The van der Waals surface area contributed by atoms with Crippen LogP contribution in [0.5, 0.6) is 0 Å². The van der Waals surface area contributed by atoms with Gasteiger partial charge < -0.3 is 0 Å². The predicted octanol–water partition coefficient (Wildman–Crippen LogP) is 3.19. The molecule has 0 radical (unpaired) electrons. The van der Waals surface area contributed by atoms with Crippen molar-refractivity contribution in [2.24, 2.45) is 0 Å². The molecule has 0 unspecified atom stereocenters. The largest absolute Gasteiger partial charge is 0.296 e. The second-order valence-corrected chi connectivity index (χ2v) is 6.06. The van der Waals surface area contributed by atoms with Crippen molar-refractivity contribution in [1.29, 1.82) is 0 Å². The van der Waals surface area contributed by atoms with Gasteiger partial charge in [-0.1, -0.05) is 12.8 Å². The van der Waals surface area contributed by atoms with Gasteiger partial charge in [0.1, 0.15) is 4.83 Å². The Morgan fingerprint density at radius 3 is 2.76 bits per heavy atom. The highest BCUT2D eigenvalue weighted by Gasteiger charge is 2.20. The molecule has 0 amide bonds. The summed E-state index contributed by atoms with van der Waals surface area (Å²) in [7, 11) is 0. The predicted molar refractivity (Wildman–Crippen MR) is 70.9 cm³/mol. The van der Waals surface area contributed by atoms with Crippen LogP contribution in [0.2, 0.25) is 0 Å². The third-order valence-electron chi connectivity index (χ3n) is 3.83. The minimum atomic E-state index is 0.156. The molecule has 4 heteroatoms. The van der Waals surface area contributed by atoms with Crippen LogP contribution in [0.1, 0.15) is 42.2 Å². The standard InChI is InChI=1S/C13H16N2OS/c1-8-9(2)17-12-11(8)13(16)15(7-14-12)10-5-3-4-6-10/h7,10H,3-6H2,1-2H3. The molecule has 0 N–H and O–H groups in total. The van der Waals surface area contributed by atoms with Crippen molar-refractivity contribution in [3.05, 3.63) is 27.1 Å². The van der Waals surface area contributed by atoms with Crippen LogP contribution >= 0.6 is 11.3 Å². The van der Waals surface area contributed by atoms with Crippen LogP contribution in [0.3, 0.4) is 0 Å². The fourth-order valence-electron chi connectivity index (χ4n) is 2.69. The Morgan fingerprint density at radius 2 is 2.06 bits per heavy atom. The van der Waals surface area contributed by atoms with Gasteiger partial charge in [0.05, 0.1) is 11.7 Å². The highest BCUT2D eigenvalue weighted by atomic mass is 32.1. The van der Waals surface area contributed by atoms with Crippen LogP contribution in [0, 0.1) is 13.8 Å². The first-order chi connectivity index (χ1) is 8.18. The fraction of sp³-hybridized carbons (Fsp3) is 0.538. The summed E-state index contributed by atoms with van der Waals surface area (Å²) in [6, 6.07) is 0.374. The molecule has 2 heterocycles. The van der Waals surface area contributed by atoms with Gasteiger partial charge in [0.25, 0.3) is 5.56 Å². The van der Waals surface area contributed by atoms with Crippen LogP contribution in [-0.2, 0) is 0 Å². The van der Waals surface area contributed by atoms with E-state index < -0.39 is 0 Å². The lowest BCUT2D eigenvalue weighted by Gasteiger charge is -2.12. The first-order valence-corrected chi connectivity index (χ1v) is 6.97. The van der Waals surface area contributed by atoms with E-state index in [1.54, 1.807) is 17.7 Å². The molecule has 90 valence electrons. The van der Waals surface area contributed by atoms with Gasteiger partial charge >= 0.3 is 0 Å². The average molecular weight is 248 g/mol. The quantitative estimate of drug-likeness (QED) is 0.777. The first kappa shape index (κ1) is 11.0. The van der Waals surface area contributed by atoms with Crippen molar-refractivity contribution in [1.82, 2.24) is 9.55 Å². The van der Waals surface area contributed by atoms with Crippen molar-refractivity contribution >= 4 is 21.6 Å². The maximum absolute atomic E-state index is 12.5. The molecule has 2 aromatic heterocycles. The zero-order chi connectivity index (χ0) is 12.0. The lowest BCUT2D eigenvalue weighted by molar-refractivity contribution is 0.499. The number of aromatic nitrogens is 2. The molecule has 2 aromatic rings. The first-order valence-electron chi connectivity index (χ1n) is 6.15. The van der Waals surface area contributed by atoms with Crippen molar-refractivity contribution in [3.8, 4) is 0 Å². The van der Waals surface area contributed by atoms with E-state index in [1.165, 1.54) is 17.7 Å². The number of nitrogens with zero attached hydrogens (tertiary/aromatic N) is 2. The maximum Gasteiger partial charge on any atom is 0.262 e. The molecule has 0 saturated heterocycles. The lowest BCUT2D eigenvalue weighted by atomic mass is 10.2. The Bertz CT molecular complexity index is 620. The smallest absolute Gasteiger partial charge is 0.262 e. The highest BCUT2D eigenvalue weighted by Crippen LogP contribution is 2.30. The number of thiophene rings is 1. The summed E-state index contributed by atoms with van der Waals surface area (Å²) < 4.78 is 1.86. The zero-order valence-electron chi connectivity index (χ0n) is 10.2. The van der Waals surface area contributed by atoms with E-state index in [1.807, 2.05) is 11.5 Å². The third kappa shape index (κ3) is 1.62. The number of aryl methyl sites for hydroxylation is 2. The molecule has 1 aliphatic rings. The minimum Gasteiger partial charge on any atom is -0.296 e. The molecule has 0 spiro atoms. The van der Waals surface area contributed by atoms with E-state index >= 15 is 0 Å². The van der Waals surface area contributed by atoms with Crippen molar-refractivity contribution in [3.63, 3.8) is 0 Å². The minimum absolute atomic E-state index is 0.156. The Kier molecular flexibility index (Phi) is 2.54. The molecule has 0 aromatic carbocycles. The summed E-state index contributed by atoms with van der Waals surface area (Å²) in [5.74, 6) is 0. The summed E-state index contributed by atoms with van der Waals surface area (Å²) >= 11 is 1.62. The van der Waals surface area contributed by atoms with Gasteiger partial charge in [-0.3, -0.25) is 9.36 Å². The highest BCUT2D eigenvalue weighted by molar-refractivity contribution is 7.18. The Morgan fingerprint density at radius 1 is 1.35 bits per heavy atom. The molecule has 0 atom stereocenters. The van der Waals surface area contributed by atoms with Crippen molar-refractivity contribution in [2.75, 3.05) is 0 Å². The monoisotopic (exact) mass is 248 g/mol. The van der Waals surface area contributed by atoms with Crippen LogP contribution in [0.4, 0.5) is 0 Å². The van der Waals surface area contributed by atoms with Crippen LogP contribution in [-0.4, -0.2) is 9.55 Å². The SMILES string of the molecule is Cc1sc2ncn(C3CCCC3)c(=O)c2c1C. The number of hydrogen-bond acceptors (Lipinski definition) is 3. The average Bonchev–Trinajstić information content (AvgIpc) is 2.90. The molecule has 0 aliphatic heterocycles. The molecule has 17 heavy (non-hydrogen) atoms. The van der Waals surface area contributed by atoms with Crippen molar-refractivity contribution < 1.29 is 0 Å². The van der Waals surface area contributed by atoms with Gasteiger partial charge in [-0.05, 0) is 32.3 Å². The van der Waals surface area contributed by atoms with Crippen LogP contribution in [0.15, 0.2) is 11.1 Å². The third-order valence-corrected chi connectivity index (χ3v) is 4.95. The summed E-state index contributed by atoms with van der Waals surface area (Å²) in [5.41, 5.74) is 1.26. The molecule has 1 aliphatic carbocycles. The topological polar surface area (TPSA) is 34.9 Å². The van der Waals surface area contributed by atoms with Gasteiger partial charge in [0.15, 0.2) is 0 Å². The van der Waals surface area contributed by atoms with Gasteiger partial charge in [0, 0.05) is 10.9 Å². The summed E-state index contributed by atoms with van der Waals surface area (Å²) in [5, 5.41) is 0.835. The molecular weight excluding hydrogens is 232 g/mol. The van der Waals surface area contributed by atoms with E-state index in [-0.39, 0.29) is 5.56 Å². The normalized spacial score (nSPS) is 17.1. The summed E-state index contributed by atoms with van der Waals surface area (Å²) in [6.45, 7) is 4.08. The second kappa shape index (κ2) is 3.95. The molecule has 1 fully saturated rings. The Hall–Kier alpha value is -1.16. The van der Waals surface area contributed by atoms with E-state index in [9.17, 15) is 4.79 Å². The van der Waals surface area contributed by atoms with Gasteiger partial charge in [0.2, 0.25) is 0 Å². The van der Waals surface area contributed by atoms with E-state index in [0.717, 1.165) is 28.6 Å². The molecule has 3 rings (SSSR count). The zero-order valence-corrected chi connectivity index (χ0v) is 11.0.